The van der Waals surface area contributed by atoms with E-state index in [1.54, 1.807) is 7.05 Å². The van der Waals surface area contributed by atoms with E-state index in [-0.39, 0.29) is 5.56 Å². The van der Waals surface area contributed by atoms with Crippen molar-refractivity contribution >= 4 is 22.6 Å². The zero-order valence-electron chi connectivity index (χ0n) is 9.34. The van der Waals surface area contributed by atoms with Gasteiger partial charge < -0.3 is 4.74 Å². The molecular weight excluding hydrogens is 246 g/mol. The fraction of sp³-hybridized carbons (Fsp3) is 0.556. The summed E-state index contributed by atoms with van der Waals surface area (Å²) in [4.78, 5) is 11.9. The molecule has 0 aliphatic rings. The molecule has 0 aliphatic heterocycles. The van der Waals surface area contributed by atoms with E-state index in [0.29, 0.717) is 36.7 Å². The van der Waals surface area contributed by atoms with E-state index in [4.69, 9.17) is 16.3 Å². The fourth-order valence-corrected chi connectivity index (χ4v) is 1.54. The van der Waals surface area contributed by atoms with Crippen molar-refractivity contribution in [3.05, 3.63) is 16.6 Å². The fourth-order valence-electron chi connectivity index (χ4n) is 1.43. The Hall–Kier alpha value is -1.47. The Bertz CT molecular complexity index is 564. The number of aryl methyl sites for hydroxylation is 1. The standard InChI is InChI=1S/C9H12ClN5O2/c1-14-8-7(6-11-14)9(16)15(13-12-8)3-5-17-4-2-10/h6H,2-5H2,1H3. The molecule has 7 nitrogen and oxygen atoms in total. The summed E-state index contributed by atoms with van der Waals surface area (Å²) in [6.45, 7) is 1.19. The molecule has 0 aliphatic carbocycles. The monoisotopic (exact) mass is 257 g/mol. The molecule has 0 bridgehead atoms. The summed E-state index contributed by atoms with van der Waals surface area (Å²) in [6.07, 6.45) is 1.49. The van der Waals surface area contributed by atoms with Gasteiger partial charge in [-0.2, -0.15) is 5.10 Å². The molecule has 0 saturated carbocycles. The summed E-state index contributed by atoms with van der Waals surface area (Å²) in [5.41, 5.74) is 0.269. The number of hydrogen-bond acceptors (Lipinski definition) is 5. The largest absolute Gasteiger partial charge is 0.378 e. The Balaban J connectivity index is 2.18. The Kier molecular flexibility index (Phi) is 3.70. The van der Waals surface area contributed by atoms with Gasteiger partial charge in [-0.05, 0) is 0 Å². The van der Waals surface area contributed by atoms with E-state index in [9.17, 15) is 4.79 Å². The molecule has 0 aromatic carbocycles. The highest BCUT2D eigenvalue weighted by atomic mass is 35.5. The summed E-state index contributed by atoms with van der Waals surface area (Å²) in [7, 11) is 1.71. The zero-order chi connectivity index (χ0) is 12.3. The Morgan fingerprint density at radius 2 is 2.29 bits per heavy atom. The first-order chi connectivity index (χ1) is 8.24. The van der Waals surface area contributed by atoms with E-state index >= 15 is 0 Å². The van der Waals surface area contributed by atoms with Crippen molar-refractivity contribution < 1.29 is 4.74 Å². The molecule has 2 aromatic rings. The quantitative estimate of drug-likeness (QED) is 0.547. The first-order valence-corrected chi connectivity index (χ1v) is 5.66. The number of nitrogens with zero attached hydrogens (tertiary/aromatic N) is 5. The summed E-state index contributed by atoms with van der Waals surface area (Å²) < 4.78 is 7.95. The van der Waals surface area contributed by atoms with Crippen molar-refractivity contribution in [1.82, 2.24) is 24.8 Å². The average molecular weight is 258 g/mol. The van der Waals surface area contributed by atoms with Gasteiger partial charge in [0.05, 0.1) is 26.0 Å². The topological polar surface area (TPSA) is 74.8 Å². The minimum absolute atomic E-state index is 0.211. The van der Waals surface area contributed by atoms with Gasteiger partial charge in [0, 0.05) is 12.9 Å². The van der Waals surface area contributed by atoms with E-state index in [1.807, 2.05) is 0 Å². The van der Waals surface area contributed by atoms with Gasteiger partial charge in [-0.1, -0.05) is 5.21 Å². The summed E-state index contributed by atoms with van der Waals surface area (Å²) in [5.74, 6) is 0.433. The number of halogens is 1. The molecule has 0 amide bonds. The zero-order valence-corrected chi connectivity index (χ0v) is 10.1. The molecule has 0 atom stereocenters. The van der Waals surface area contributed by atoms with Crippen molar-refractivity contribution in [2.24, 2.45) is 7.05 Å². The van der Waals surface area contributed by atoms with E-state index < -0.39 is 0 Å². The van der Waals surface area contributed by atoms with Crippen molar-refractivity contribution in [2.45, 2.75) is 6.54 Å². The second-order valence-electron chi connectivity index (χ2n) is 3.42. The van der Waals surface area contributed by atoms with Gasteiger partial charge in [0.2, 0.25) is 0 Å². The first kappa shape index (κ1) is 12.0. The number of ether oxygens (including phenoxy) is 1. The lowest BCUT2D eigenvalue weighted by Crippen LogP contribution is -2.26. The second kappa shape index (κ2) is 5.24. The second-order valence-corrected chi connectivity index (χ2v) is 3.80. The highest BCUT2D eigenvalue weighted by Gasteiger charge is 2.08. The van der Waals surface area contributed by atoms with Crippen LogP contribution in [0.5, 0.6) is 0 Å². The van der Waals surface area contributed by atoms with Gasteiger partial charge in [-0.3, -0.25) is 4.79 Å². The third-order valence-corrected chi connectivity index (χ3v) is 2.44. The average Bonchev–Trinajstić information content (AvgIpc) is 2.70. The molecule has 2 rings (SSSR count). The maximum atomic E-state index is 11.9. The van der Waals surface area contributed by atoms with E-state index in [1.165, 1.54) is 15.6 Å². The van der Waals surface area contributed by atoms with Gasteiger partial charge in [-0.15, -0.1) is 16.7 Å². The van der Waals surface area contributed by atoms with Crippen LogP contribution in [0.2, 0.25) is 0 Å². The molecule has 0 N–H and O–H groups in total. The van der Waals surface area contributed by atoms with Gasteiger partial charge in [-0.25, -0.2) is 9.36 Å². The van der Waals surface area contributed by atoms with Gasteiger partial charge in [0.15, 0.2) is 5.65 Å². The minimum atomic E-state index is -0.211. The minimum Gasteiger partial charge on any atom is -0.378 e. The molecule has 0 spiro atoms. The van der Waals surface area contributed by atoms with Crippen LogP contribution < -0.4 is 5.56 Å². The SMILES string of the molecule is Cn1ncc2c(=O)n(CCOCCCl)nnc21. The lowest BCUT2D eigenvalue weighted by Gasteiger charge is -2.03. The van der Waals surface area contributed by atoms with Crippen molar-refractivity contribution in [2.75, 3.05) is 19.1 Å². The summed E-state index contributed by atoms with van der Waals surface area (Å²) in [6, 6.07) is 0. The summed E-state index contributed by atoms with van der Waals surface area (Å²) in [5, 5.41) is 12.2. The first-order valence-electron chi connectivity index (χ1n) is 5.13. The third kappa shape index (κ3) is 2.45. The van der Waals surface area contributed by atoms with Crippen LogP contribution in [0.3, 0.4) is 0 Å². The predicted molar refractivity (Wildman–Crippen MR) is 62.1 cm³/mol. The molecule has 92 valence electrons. The Morgan fingerprint density at radius 3 is 3.06 bits per heavy atom. The van der Waals surface area contributed by atoms with Crippen LogP contribution in [0.25, 0.3) is 11.0 Å². The molecule has 17 heavy (non-hydrogen) atoms. The van der Waals surface area contributed by atoms with E-state index in [2.05, 4.69) is 15.4 Å². The highest BCUT2D eigenvalue weighted by molar-refractivity contribution is 6.17. The molecule has 0 unspecified atom stereocenters. The smallest absolute Gasteiger partial charge is 0.280 e. The number of rotatable bonds is 5. The molecule has 0 fully saturated rings. The molecule has 8 heteroatoms. The third-order valence-electron chi connectivity index (χ3n) is 2.29. The predicted octanol–water partition coefficient (Wildman–Crippen LogP) is -0.220. The van der Waals surface area contributed by atoms with Crippen LogP contribution in [-0.2, 0) is 18.3 Å². The molecule has 0 radical (unpaired) electrons. The lowest BCUT2D eigenvalue weighted by atomic mass is 10.4. The number of hydrogen-bond donors (Lipinski definition) is 0. The van der Waals surface area contributed by atoms with Gasteiger partial charge >= 0.3 is 0 Å². The van der Waals surface area contributed by atoms with E-state index in [0.717, 1.165) is 0 Å². The van der Waals surface area contributed by atoms with Crippen LogP contribution in [-0.4, -0.2) is 43.9 Å². The lowest BCUT2D eigenvalue weighted by molar-refractivity contribution is 0.136. The van der Waals surface area contributed by atoms with Gasteiger partial charge in [0.1, 0.15) is 5.39 Å². The normalized spacial score (nSPS) is 11.2. The van der Waals surface area contributed by atoms with Crippen LogP contribution in [0.4, 0.5) is 0 Å². The van der Waals surface area contributed by atoms with Crippen LogP contribution in [0, 0.1) is 0 Å². The Morgan fingerprint density at radius 1 is 1.47 bits per heavy atom. The number of fused-ring (bicyclic) bond motifs is 1. The van der Waals surface area contributed by atoms with Crippen LogP contribution in [0.15, 0.2) is 11.0 Å². The maximum Gasteiger partial charge on any atom is 0.280 e. The Labute approximate surface area is 102 Å². The van der Waals surface area contributed by atoms with Gasteiger partial charge in [0.25, 0.3) is 5.56 Å². The highest BCUT2D eigenvalue weighted by Crippen LogP contribution is 2.01. The molecular formula is C9H12ClN5O2. The van der Waals surface area contributed by atoms with Crippen molar-refractivity contribution in [3.63, 3.8) is 0 Å². The van der Waals surface area contributed by atoms with Crippen LogP contribution >= 0.6 is 11.6 Å². The maximum absolute atomic E-state index is 11.9. The molecule has 0 saturated heterocycles. The summed E-state index contributed by atoms with van der Waals surface area (Å²) >= 11 is 5.46. The number of alkyl halides is 1. The molecule has 2 aromatic heterocycles. The molecule has 2 heterocycles. The number of aromatic nitrogens is 5. The van der Waals surface area contributed by atoms with Crippen molar-refractivity contribution in [3.8, 4) is 0 Å². The van der Waals surface area contributed by atoms with Crippen LogP contribution in [0.1, 0.15) is 0 Å². The van der Waals surface area contributed by atoms with Crippen molar-refractivity contribution in [1.29, 1.82) is 0 Å².